The van der Waals surface area contributed by atoms with Gasteiger partial charge in [0.05, 0.1) is 22.3 Å². The van der Waals surface area contributed by atoms with Crippen molar-refractivity contribution in [1.29, 1.82) is 5.26 Å². The third-order valence-electron chi connectivity index (χ3n) is 10.2. The van der Waals surface area contributed by atoms with Crippen molar-refractivity contribution in [2.45, 2.75) is 78.0 Å². The molecular weight excluding hydrogens is 648 g/mol. The fourth-order valence-electron chi connectivity index (χ4n) is 7.59. The fraction of sp³-hybridized carbons (Fsp3) is 0.639. The monoisotopic (exact) mass is 696 g/mol. The van der Waals surface area contributed by atoms with Crippen LogP contribution in [-0.2, 0) is 14.3 Å². The van der Waals surface area contributed by atoms with Crippen molar-refractivity contribution in [1.82, 2.24) is 20.2 Å². The summed E-state index contributed by atoms with van der Waals surface area (Å²) < 4.78 is 17.8. The van der Waals surface area contributed by atoms with Gasteiger partial charge in [-0.15, -0.1) is 0 Å². The van der Waals surface area contributed by atoms with Gasteiger partial charge in [-0.2, -0.15) is 5.26 Å². The van der Waals surface area contributed by atoms with Crippen LogP contribution in [0.5, 0.6) is 5.75 Å². The quantitative estimate of drug-likeness (QED) is 0.291. The van der Waals surface area contributed by atoms with Crippen LogP contribution < -0.4 is 15.0 Å². The Labute approximate surface area is 294 Å². The highest BCUT2D eigenvalue weighted by molar-refractivity contribution is 6.31. The van der Waals surface area contributed by atoms with Gasteiger partial charge < -0.3 is 34.4 Å². The van der Waals surface area contributed by atoms with E-state index in [4.69, 9.17) is 31.1 Å². The highest BCUT2D eigenvalue weighted by Gasteiger charge is 2.64. The summed E-state index contributed by atoms with van der Waals surface area (Å²) in [6.45, 7) is 12.9. The van der Waals surface area contributed by atoms with Crippen molar-refractivity contribution in [2.75, 3.05) is 57.5 Å². The van der Waals surface area contributed by atoms with Gasteiger partial charge >= 0.3 is 0 Å². The van der Waals surface area contributed by atoms with Crippen LogP contribution in [-0.4, -0.2) is 103 Å². The molecule has 0 atom stereocenters. The first-order valence-corrected chi connectivity index (χ1v) is 17.6. The zero-order valence-electron chi connectivity index (χ0n) is 29.0. The van der Waals surface area contributed by atoms with Gasteiger partial charge in [0, 0.05) is 81.3 Å². The van der Waals surface area contributed by atoms with E-state index in [1.807, 2.05) is 0 Å². The largest absolute Gasteiger partial charge is 0.489 e. The van der Waals surface area contributed by atoms with Crippen molar-refractivity contribution >= 4 is 29.4 Å². The van der Waals surface area contributed by atoms with Crippen LogP contribution in [0.3, 0.4) is 0 Å². The number of aliphatic hydroxyl groups excluding tert-OH is 1. The second kappa shape index (κ2) is 16.0. The van der Waals surface area contributed by atoms with E-state index in [9.17, 15) is 14.7 Å². The summed E-state index contributed by atoms with van der Waals surface area (Å²) >= 11 is 6.22. The summed E-state index contributed by atoms with van der Waals surface area (Å²) in [6, 6.07) is 6.95. The van der Waals surface area contributed by atoms with Crippen LogP contribution in [0.15, 0.2) is 30.6 Å². The maximum Gasteiger partial charge on any atom is 0.254 e. The molecule has 12 nitrogen and oxygen atoms in total. The summed E-state index contributed by atoms with van der Waals surface area (Å²) in [5, 5.41) is 22.3. The number of carbonyl (C=O) groups is 2. The van der Waals surface area contributed by atoms with Gasteiger partial charge in [0.2, 0.25) is 11.9 Å². The van der Waals surface area contributed by atoms with Crippen molar-refractivity contribution < 1.29 is 28.9 Å². The Morgan fingerprint density at radius 1 is 1.02 bits per heavy atom. The average Bonchev–Trinajstić information content (AvgIpc) is 3.09. The van der Waals surface area contributed by atoms with Gasteiger partial charge in [-0.1, -0.05) is 39.3 Å². The van der Waals surface area contributed by atoms with Gasteiger partial charge in [0.15, 0.2) is 0 Å². The summed E-state index contributed by atoms with van der Waals surface area (Å²) in [6.07, 6.45) is 6.61. The predicted molar refractivity (Wildman–Crippen MR) is 184 cm³/mol. The third-order valence-corrected chi connectivity index (χ3v) is 10.5. The summed E-state index contributed by atoms with van der Waals surface area (Å²) in [5.74, 6) is 1.41. The van der Waals surface area contributed by atoms with Crippen LogP contribution >= 0.6 is 11.6 Å². The Balaban J connectivity index is 0.993. The number of aromatic nitrogens is 2. The molecule has 13 heteroatoms. The minimum Gasteiger partial charge on any atom is -0.489 e. The molecule has 5 rings (SSSR count). The van der Waals surface area contributed by atoms with Crippen LogP contribution in [0.1, 0.15) is 75.7 Å². The van der Waals surface area contributed by atoms with Gasteiger partial charge in [-0.25, -0.2) is 9.97 Å². The molecule has 2 saturated heterocycles. The SMILES string of the molecule is CC1(C)C(NC(=O)c2cnc(N3CCC(COCCCOCC(=O)N4CCC(O)CC4)CC3)nc2)C(C)(C)C1Oc1ccc(C#N)c(Cl)c1. The molecule has 3 aliphatic rings. The lowest BCUT2D eigenvalue weighted by Gasteiger charge is -2.63. The molecule has 2 amide bonds. The molecule has 0 unspecified atom stereocenters. The summed E-state index contributed by atoms with van der Waals surface area (Å²) in [5.41, 5.74) is 0.0532. The number of aliphatic hydroxyl groups is 1. The van der Waals surface area contributed by atoms with E-state index < -0.39 is 0 Å². The number of benzene rings is 1. The first-order valence-electron chi connectivity index (χ1n) is 17.3. The number of anilines is 1. The lowest BCUT2D eigenvalue weighted by Crippen LogP contribution is -2.74. The van der Waals surface area contributed by atoms with Crippen molar-refractivity contribution in [3.8, 4) is 11.8 Å². The normalized spacial score (nSPS) is 22.2. The van der Waals surface area contributed by atoms with Crippen LogP contribution in [0, 0.1) is 28.1 Å². The molecule has 3 fully saturated rings. The predicted octanol–water partition coefficient (Wildman–Crippen LogP) is 4.24. The van der Waals surface area contributed by atoms with E-state index in [0.29, 0.717) is 79.5 Å². The Kier molecular flexibility index (Phi) is 12.0. The number of nitrogens with one attached hydrogen (secondary N) is 1. The van der Waals surface area contributed by atoms with Crippen LogP contribution in [0.25, 0.3) is 0 Å². The number of hydrogen-bond donors (Lipinski definition) is 2. The maximum absolute atomic E-state index is 13.3. The van der Waals surface area contributed by atoms with E-state index in [0.717, 1.165) is 32.4 Å². The molecule has 49 heavy (non-hydrogen) atoms. The third kappa shape index (κ3) is 8.81. The lowest BCUT2D eigenvalue weighted by atomic mass is 9.49. The van der Waals surface area contributed by atoms with E-state index in [2.05, 4.69) is 53.9 Å². The number of carbonyl (C=O) groups excluding carboxylic acids is 2. The smallest absolute Gasteiger partial charge is 0.254 e. The molecule has 0 bridgehead atoms. The van der Waals surface area contributed by atoms with Gasteiger partial charge in [0.25, 0.3) is 5.91 Å². The molecule has 1 aromatic carbocycles. The number of ether oxygens (including phenoxy) is 3. The topological polar surface area (TPSA) is 150 Å². The molecule has 2 aromatic rings. The molecule has 266 valence electrons. The zero-order chi connectivity index (χ0) is 35.2. The van der Waals surface area contributed by atoms with Crippen molar-refractivity contribution in [3.05, 3.63) is 46.7 Å². The summed E-state index contributed by atoms with van der Waals surface area (Å²) in [4.78, 5) is 38.4. The number of hydrogen-bond acceptors (Lipinski definition) is 10. The minimum atomic E-state index is -0.373. The van der Waals surface area contributed by atoms with Crippen molar-refractivity contribution in [2.24, 2.45) is 16.7 Å². The molecule has 3 heterocycles. The average molecular weight is 697 g/mol. The first kappa shape index (κ1) is 36.8. The molecule has 0 spiro atoms. The molecule has 1 aliphatic carbocycles. The molecule has 1 aromatic heterocycles. The Bertz CT molecular complexity index is 1470. The van der Waals surface area contributed by atoms with Crippen LogP contribution in [0.4, 0.5) is 5.95 Å². The van der Waals surface area contributed by atoms with Gasteiger partial charge in [-0.05, 0) is 50.2 Å². The standard InChI is InChI=1S/C36H49ClN6O6/c1-35(2)32(36(3,4)33(35)49-28-7-6-25(19-38)29(37)18-28)41-31(46)26-20-39-34(40-21-26)43-12-8-24(9-13-43)22-47-16-5-17-48-23-30(45)42-14-10-27(44)11-15-42/h6-7,18,20-21,24,27,32-33,44H,5,8-17,22-23H2,1-4H3,(H,41,46). The molecular formula is C36H49ClN6O6. The second-order valence-corrected chi connectivity index (χ2v) is 15.0. The molecule has 2 aliphatic heterocycles. The Morgan fingerprint density at radius 3 is 2.31 bits per heavy atom. The van der Waals surface area contributed by atoms with E-state index in [1.165, 1.54) is 0 Å². The molecule has 1 saturated carbocycles. The van der Waals surface area contributed by atoms with E-state index in [-0.39, 0.29) is 47.5 Å². The number of piperidine rings is 2. The van der Waals surface area contributed by atoms with Gasteiger partial charge in [0.1, 0.15) is 24.5 Å². The van der Waals surface area contributed by atoms with E-state index >= 15 is 0 Å². The number of likely N-dealkylation sites (tertiary alicyclic amines) is 1. The number of rotatable bonds is 13. The Hall–Kier alpha value is -3.50. The summed E-state index contributed by atoms with van der Waals surface area (Å²) in [7, 11) is 0. The highest BCUT2D eigenvalue weighted by atomic mass is 35.5. The zero-order valence-corrected chi connectivity index (χ0v) is 29.7. The fourth-order valence-corrected chi connectivity index (χ4v) is 7.80. The number of nitriles is 1. The number of nitrogens with zero attached hydrogens (tertiary/aromatic N) is 5. The Morgan fingerprint density at radius 2 is 1.67 bits per heavy atom. The van der Waals surface area contributed by atoms with Crippen LogP contribution in [0.2, 0.25) is 5.02 Å². The lowest BCUT2D eigenvalue weighted by molar-refractivity contribution is -0.164. The maximum atomic E-state index is 13.3. The number of amides is 2. The second-order valence-electron chi connectivity index (χ2n) is 14.6. The first-order chi connectivity index (χ1) is 23.4. The van der Waals surface area contributed by atoms with Gasteiger partial charge in [-0.3, -0.25) is 9.59 Å². The minimum absolute atomic E-state index is 0.0170. The molecule has 0 radical (unpaired) electrons. The van der Waals surface area contributed by atoms with Crippen molar-refractivity contribution in [3.63, 3.8) is 0 Å². The highest BCUT2D eigenvalue weighted by Crippen LogP contribution is 2.55. The molecule has 2 N–H and O–H groups in total. The number of halogens is 1. The van der Waals surface area contributed by atoms with E-state index in [1.54, 1.807) is 35.5 Å².